The average Bonchev–Trinajstić information content (AvgIpc) is 2.23. The van der Waals surface area contributed by atoms with Crippen molar-refractivity contribution >= 4 is 11.6 Å². The lowest BCUT2D eigenvalue weighted by Gasteiger charge is -2.30. The van der Waals surface area contributed by atoms with E-state index in [9.17, 15) is 4.79 Å². The lowest BCUT2D eigenvalue weighted by molar-refractivity contribution is -0.120. The Morgan fingerprint density at radius 2 is 2.43 bits per heavy atom. The van der Waals surface area contributed by atoms with Crippen LogP contribution in [0.4, 0.5) is 5.69 Å². The third kappa shape index (κ3) is 1.28. The smallest absolute Gasteiger partial charge is 0.244 e. The molecule has 1 atom stereocenters. The summed E-state index contributed by atoms with van der Waals surface area (Å²) < 4.78 is 0. The van der Waals surface area contributed by atoms with Crippen LogP contribution in [-0.2, 0) is 11.2 Å². The van der Waals surface area contributed by atoms with E-state index in [4.69, 9.17) is 0 Å². The van der Waals surface area contributed by atoms with Crippen LogP contribution < -0.4 is 10.2 Å². The van der Waals surface area contributed by atoms with Crippen LogP contribution in [0.15, 0.2) is 18.3 Å². The van der Waals surface area contributed by atoms with E-state index >= 15 is 0 Å². The normalized spacial score (nSPS) is 20.9. The molecule has 0 aliphatic carbocycles. The van der Waals surface area contributed by atoms with Crippen molar-refractivity contribution in [1.29, 1.82) is 0 Å². The largest absolute Gasteiger partial charge is 0.312 e. The van der Waals surface area contributed by atoms with Gasteiger partial charge in [-0.25, -0.2) is 0 Å². The molecule has 0 bridgehead atoms. The van der Waals surface area contributed by atoms with Crippen molar-refractivity contribution in [3.05, 3.63) is 24.0 Å². The predicted molar refractivity (Wildman–Crippen MR) is 54.2 cm³/mol. The second kappa shape index (κ2) is 3.38. The first-order valence-electron chi connectivity index (χ1n) is 4.62. The summed E-state index contributed by atoms with van der Waals surface area (Å²) in [5, 5.41) is 2.99. The van der Waals surface area contributed by atoms with E-state index in [0.717, 1.165) is 11.4 Å². The third-order valence-corrected chi connectivity index (χ3v) is 2.60. The van der Waals surface area contributed by atoms with Crippen molar-refractivity contribution in [3.8, 4) is 0 Å². The van der Waals surface area contributed by atoms with Gasteiger partial charge in [0, 0.05) is 19.7 Å². The Kier molecular flexibility index (Phi) is 2.21. The summed E-state index contributed by atoms with van der Waals surface area (Å²) in [6.45, 7) is 0. The second-order valence-electron chi connectivity index (χ2n) is 3.41. The first-order chi connectivity index (χ1) is 6.74. The fraction of sp³-hybridized carbons (Fsp3) is 0.400. The van der Waals surface area contributed by atoms with E-state index in [0.29, 0.717) is 6.42 Å². The van der Waals surface area contributed by atoms with E-state index in [1.165, 1.54) is 0 Å². The van der Waals surface area contributed by atoms with Crippen LogP contribution >= 0.6 is 0 Å². The van der Waals surface area contributed by atoms with Gasteiger partial charge in [-0.2, -0.15) is 0 Å². The van der Waals surface area contributed by atoms with Gasteiger partial charge in [0.1, 0.15) is 0 Å². The molecule has 4 nitrogen and oxygen atoms in total. The van der Waals surface area contributed by atoms with E-state index < -0.39 is 0 Å². The summed E-state index contributed by atoms with van der Waals surface area (Å²) in [6, 6.07) is 3.64. The van der Waals surface area contributed by atoms with Gasteiger partial charge < -0.3 is 10.2 Å². The highest BCUT2D eigenvalue weighted by Crippen LogP contribution is 2.23. The zero-order valence-electron chi connectivity index (χ0n) is 8.32. The zero-order valence-corrected chi connectivity index (χ0v) is 8.32. The van der Waals surface area contributed by atoms with Gasteiger partial charge in [-0.1, -0.05) is 0 Å². The third-order valence-electron chi connectivity index (χ3n) is 2.60. The Morgan fingerprint density at radius 3 is 3.14 bits per heavy atom. The molecular formula is C10H13N3O. The highest BCUT2D eigenvalue weighted by atomic mass is 16.2. The first kappa shape index (κ1) is 9.15. The minimum atomic E-state index is -0.137. The number of likely N-dealkylation sites (N-methyl/N-ethyl adjacent to an activating group) is 2. The summed E-state index contributed by atoms with van der Waals surface area (Å²) >= 11 is 0. The van der Waals surface area contributed by atoms with Gasteiger partial charge in [-0.3, -0.25) is 9.78 Å². The molecule has 14 heavy (non-hydrogen) atoms. The highest BCUT2D eigenvalue weighted by molar-refractivity contribution is 5.99. The second-order valence-corrected chi connectivity index (χ2v) is 3.41. The minimum Gasteiger partial charge on any atom is -0.312 e. The standard InChI is InChI=1S/C10H13N3O/c1-11-8-6-7-9(4-3-5-12-7)13(2)10(8)14/h3-5,8,11H,6H2,1-2H3. The summed E-state index contributed by atoms with van der Waals surface area (Å²) in [7, 11) is 3.58. The van der Waals surface area contributed by atoms with Gasteiger partial charge in [0.25, 0.3) is 0 Å². The fourth-order valence-electron chi connectivity index (χ4n) is 1.75. The zero-order chi connectivity index (χ0) is 10.1. The van der Waals surface area contributed by atoms with E-state index in [-0.39, 0.29) is 11.9 Å². The minimum absolute atomic E-state index is 0.105. The Hall–Kier alpha value is -1.42. The molecule has 1 unspecified atom stereocenters. The first-order valence-corrected chi connectivity index (χ1v) is 4.62. The Morgan fingerprint density at radius 1 is 1.64 bits per heavy atom. The van der Waals surface area contributed by atoms with Gasteiger partial charge in [-0.15, -0.1) is 0 Å². The Balaban J connectivity index is 2.42. The molecule has 1 aromatic rings. The van der Waals surface area contributed by atoms with Crippen molar-refractivity contribution in [2.45, 2.75) is 12.5 Å². The molecule has 0 saturated heterocycles. The maximum Gasteiger partial charge on any atom is 0.244 e. The van der Waals surface area contributed by atoms with Crippen molar-refractivity contribution in [2.24, 2.45) is 0 Å². The van der Waals surface area contributed by atoms with Crippen LogP contribution in [0.2, 0.25) is 0 Å². The number of aromatic nitrogens is 1. The molecule has 2 heterocycles. The SMILES string of the molecule is CNC1Cc2ncccc2N(C)C1=O. The molecule has 0 fully saturated rings. The quantitative estimate of drug-likeness (QED) is 0.689. The molecule has 0 saturated carbocycles. The van der Waals surface area contributed by atoms with Gasteiger partial charge >= 0.3 is 0 Å². The molecule has 1 amide bonds. The van der Waals surface area contributed by atoms with Crippen molar-refractivity contribution in [2.75, 3.05) is 19.0 Å². The van der Waals surface area contributed by atoms with Gasteiger partial charge in [0.15, 0.2) is 0 Å². The van der Waals surface area contributed by atoms with Gasteiger partial charge in [0.05, 0.1) is 17.4 Å². The number of nitrogens with zero attached hydrogens (tertiary/aromatic N) is 2. The molecule has 0 aromatic carbocycles. The topological polar surface area (TPSA) is 45.2 Å². The molecule has 4 heteroatoms. The maximum atomic E-state index is 11.8. The van der Waals surface area contributed by atoms with Crippen molar-refractivity contribution in [1.82, 2.24) is 10.3 Å². The molecule has 1 aliphatic rings. The molecule has 0 radical (unpaired) electrons. The number of rotatable bonds is 1. The van der Waals surface area contributed by atoms with Crippen LogP contribution in [0.5, 0.6) is 0 Å². The van der Waals surface area contributed by atoms with Crippen molar-refractivity contribution < 1.29 is 4.79 Å². The molecule has 1 aromatic heterocycles. The molecular weight excluding hydrogens is 178 g/mol. The van der Waals surface area contributed by atoms with Crippen LogP contribution in [0.25, 0.3) is 0 Å². The maximum absolute atomic E-state index is 11.8. The molecule has 0 spiro atoms. The molecule has 1 aliphatic heterocycles. The number of pyridine rings is 1. The lowest BCUT2D eigenvalue weighted by atomic mass is 10.0. The Bertz CT molecular complexity index is 364. The van der Waals surface area contributed by atoms with E-state index in [1.807, 2.05) is 12.1 Å². The predicted octanol–water partition coefficient (Wildman–Crippen LogP) is 0.188. The number of hydrogen-bond acceptors (Lipinski definition) is 3. The lowest BCUT2D eigenvalue weighted by Crippen LogP contribution is -2.48. The molecule has 2 rings (SSSR count). The van der Waals surface area contributed by atoms with Crippen LogP contribution in [0, 0.1) is 0 Å². The Labute approximate surface area is 82.9 Å². The van der Waals surface area contributed by atoms with E-state index in [1.54, 1.807) is 25.2 Å². The van der Waals surface area contributed by atoms with Crippen LogP contribution in [0.1, 0.15) is 5.69 Å². The number of hydrogen-bond donors (Lipinski definition) is 1. The number of amides is 1. The summed E-state index contributed by atoms with van der Waals surface area (Å²) in [5.41, 5.74) is 1.90. The number of nitrogens with one attached hydrogen (secondary N) is 1. The molecule has 1 N–H and O–H groups in total. The number of carbonyl (C=O) groups is 1. The van der Waals surface area contributed by atoms with Crippen LogP contribution in [-0.4, -0.2) is 31.0 Å². The van der Waals surface area contributed by atoms with Crippen LogP contribution in [0.3, 0.4) is 0 Å². The van der Waals surface area contributed by atoms with E-state index in [2.05, 4.69) is 10.3 Å². The monoisotopic (exact) mass is 191 g/mol. The van der Waals surface area contributed by atoms with Gasteiger partial charge in [-0.05, 0) is 19.2 Å². The summed E-state index contributed by atoms with van der Waals surface area (Å²) in [5.74, 6) is 0.105. The number of carbonyl (C=O) groups excluding carboxylic acids is 1. The van der Waals surface area contributed by atoms with Crippen molar-refractivity contribution in [3.63, 3.8) is 0 Å². The number of fused-ring (bicyclic) bond motifs is 1. The summed E-state index contributed by atoms with van der Waals surface area (Å²) in [4.78, 5) is 17.7. The van der Waals surface area contributed by atoms with Gasteiger partial charge in [0.2, 0.25) is 5.91 Å². The average molecular weight is 191 g/mol. The highest BCUT2D eigenvalue weighted by Gasteiger charge is 2.29. The molecule has 74 valence electrons. The number of anilines is 1. The summed E-state index contributed by atoms with van der Waals surface area (Å²) in [6.07, 6.45) is 2.44. The fourth-order valence-corrected chi connectivity index (χ4v) is 1.75.